The maximum atomic E-state index is 9.43. The molecule has 120 valence electrons. The fraction of sp³-hybridized carbons (Fsp3) is 1.00. The molecule has 0 amide bonds. The third-order valence-electron chi connectivity index (χ3n) is 4.08. The van der Waals surface area contributed by atoms with Gasteiger partial charge in [0.05, 0.1) is 24.9 Å². The van der Waals surface area contributed by atoms with Crippen molar-refractivity contribution < 1.29 is 14.6 Å². The number of rotatable bonds is 9. The molecule has 4 heteroatoms. The Labute approximate surface area is 124 Å². The SMILES string of the molecule is CCNC(C)(CO)CCCCOC1CC(C)OC(C)C1. The first-order valence-corrected chi connectivity index (χ1v) is 8.12. The molecular formula is C16H33NO3. The van der Waals surface area contributed by atoms with Gasteiger partial charge in [0.15, 0.2) is 0 Å². The van der Waals surface area contributed by atoms with E-state index in [4.69, 9.17) is 9.47 Å². The van der Waals surface area contributed by atoms with Crippen LogP contribution in [0.4, 0.5) is 0 Å². The Morgan fingerprint density at radius 3 is 2.45 bits per heavy atom. The van der Waals surface area contributed by atoms with Crippen LogP contribution in [-0.4, -0.2) is 48.7 Å². The molecule has 20 heavy (non-hydrogen) atoms. The highest BCUT2D eigenvalue weighted by molar-refractivity contribution is 4.81. The summed E-state index contributed by atoms with van der Waals surface area (Å²) < 4.78 is 11.7. The molecule has 1 saturated heterocycles. The second-order valence-electron chi connectivity index (χ2n) is 6.43. The maximum absolute atomic E-state index is 9.43. The van der Waals surface area contributed by atoms with E-state index in [0.29, 0.717) is 18.3 Å². The first kappa shape index (κ1) is 17.9. The van der Waals surface area contributed by atoms with E-state index in [2.05, 4.69) is 33.0 Å². The van der Waals surface area contributed by atoms with Crippen molar-refractivity contribution in [3.8, 4) is 0 Å². The molecule has 1 aliphatic heterocycles. The fourth-order valence-corrected chi connectivity index (χ4v) is 3.00. The number of aliphatic hydroxyl groups is 1. The van der Waals surface area contributed by atoms with Gasteiger partial charge in [0.1, 0.15) is 0 Å². The molecule has 0 radical (unpaired) electrons. The molecule has 0 aliphatic carbocycles. The Morgan fingerprint density at radius 2 is 1.90 bits per heavy atom. The van der Waals surface area contributed by atoms with E-state index < -0.39 is 0 Å². The monoisotopic (exact) mass is 287 g/mol. The lowest BCUT2D eigenvalue weighted by Crippen LogP contribution is -2.45. The fourth-order valence-electron chi connectivity index (χ4n) is 3.00. The summed E-state index contributed by atoms with van der Waals surface area (Å²) in [6, 6.07) is 0. The quantitative estimate of drug-likeness (QED) is 0.640. The Kier molecular flexibility index (Phi) is 8.03. The van der Waals surface area contributed by atoms with Gasteiger partial charge in [0.25, 0.3) is 0 Å². The van der Waals surface area contributed by atoms with Crippen LogP contribution in [0.2, 0.25) is 0 Å². The number of aliphatic hydroxyl groups excluding tert-OH is 1. The Bertz CT molecular complexity index is 252. The van der Waals surface area contributed by atoms with Crippen LogP contribution in [0.25, 0.3) is 0 Å². The summed E-state index contributed by atoms with van der Waals surface area (Å²) >= 11 is 0. The minimum atomic E-state index is -0.142. The van der Waals surface area contributed by atoms with Crippen molar-refractivity contribution in [2.45, 2.75) is 83.6 Å². The molecule has 0 aromatic rings. The van der Waals surface area contributed by atoms with Crippen molar-refractivity contribution in [1.29, 1.82) is 0 Å². The molecule has 3 unspecified atom stereocenters. The van der Waals surface area contributed by atoms with Crippen LogP contribution < -0.4 is 5.32 Å². The van der Waals surface area contributed by atoms with Crippen LogP contribution in [0.5, 0.6) is 0 Å². The van der Waals surface area contributed by atoms with Crippen molar-refractivity contribution in [2.24, 2.45) is 0 Å². The number of hydrogen-bond acceptors (Lipinski definition) is 4. The average Bonchev–Trinajstić information content (AvgIpc) is 2.37. The highest BCUT2D eigenvalue weighted by Gasteiger charge is 2.25. The summed E-state index contributed by atoms with van der Waals surface area (Å²) in [4.78, 5) is 0. The van der Waals surface area contributed by atoms with Gasteiger partial charge in [-0.05, 0) is 59.4 Å². The van der Waals surface area contributed by atoms with Crippen LogP contribution >= 0.6 is 0 Å². The van der Waals surface area contributed by atoms with Crippen molar-refractivity contribution >= 4 is 0 Å². The molecule has 1 fully saturated rings. The van der Waals surface area contributed by atoms with E-state index >= 15 is 0 Å². The molecule has 0 aromatic heterocycles. The topological polar surface area (TPSA) is 50.7 Å². The predicted molar refractivity (Wildman–Crippen MR) is 82.0 cm³/mol. The number of hydrogen-bond donors (Lipinski definition) is 2. The lowest BCUT2D eigenvalue weighted by atomic mass is 9.96. The largest absolute Gasteiger partial charge is 0.394 e. The van der Waals surface area contributed by atoms with Crippen molar-refractivity contribution in [1.82, 2.24) is 5.32 Å². The lowest BCUT2D eigenvalue weighted by molar-refractivity contribution is -0.102. The normalized spacial score (nSPS) is 30.1. The molecule has 0 aromatic carbocycles. The smallest absolute Gasteiger partial charge is 0.0624 e. The Morgan fingerprint density at radius 1 is 1.25 bits per heavy atom. The van der Waals surface area contributed by atoms with Gasteiger partial charge in [0, 0.05) is 12.1 Å². The molecule has 3 atom stereocenters. The third-order valence-corrected chi connectivity index (χ3v) is 4.08. The molecule has 0 saturated carbocycles. The first-order chi connectivity index (χ1) is 9.49. The van der Waals surface area contributed by atoms with Crippen molar-refractivity contribution in [3.63, 3.8) is 0 Å². The maximum Gasteiger partial charge on any atom is 0.0624 e. The minimum Gasteiger partial charge on any atom is -0.394 e. The van der Waals surface area contributed by atoms with Crippen LogP contribution in [0.15, 0.2) is 0 Å². The number of likely N-dealkylation sites (N-methyl/N-ethyl adjacent to an activating group) is 1. The zero-order valence-electron chi connectivity index (χ0n) is 13.7. The Balaban J connectivity index is 2.12. The van der Waals surface area contributed by atoms with Crippen molar-refractivity contribution in [3.05, 3.63) is 0 Å². The van der Waals surface area contributed by atoms with E-state index in [9.17, 15) is 5.11 Å². The number of nitrogens with one attached hydrogen (secondary N) is 1. The summed E-state index contributed by atoms with van der Waals surface area (Å²) in [7, 11) is 0. The molecule has 2 N–H and O–H groups in total. The highest BCUT2D eigenvalue weighted by Crippen LogP contribution is 2.22. The number of unbranched alkanes of at least 4 members (excludes halogenated alkanes) is 1. The Hall–Kier alpha value is -0.160. The van der Waals surface area contributed by atoms with E-state index in [1.807, 2.05) is 0 Å². The molecule has 1 rings (SSSR count). The molecule has 1 aliphatic rings. The van der Waals surface area contributed by atoms with Gasteiger partial charge in [-0.1, -0.05) is 6.92 Å². The van der Waals surface area contributed by atoms with Gasteiger partial charge in [-0.3, -0.25) is 0 Å². The zero-order valence-corrected chi connectivity index (χ0v) is 13.7. The van der Waals surface area contributed by atoms with Crippen LogP contribution in [0.1, 0.15) is 59.8 Å². The van der Waals surface area contributed by atoms with E-state index in [1.165, 1.54) is 0 Å². The first-order valence-electron chi connectivity index (χ1n) is 8.12. The molecule has 0 bridgehead atoms. The third kappa shape index (κ3) is 6.53. The molecule has 0 spiro atoms. The second-order valence-corrected chi connectivity index (χ2v) is 6.43. The minimum absolute atomic E-state index is 0.142. The van der Waals surface area contributed by atoms with Crippen LogP contribution in [-0.2, 0) is 9.47 Å². The summed E-state index contributed by atoms with van der Waals surface area (Å²) in [5, 5.41) is 12.8. The van der Waals surface area contributed by atoms with E-state index in [-0.39, 0.29) is 12.1 Å². The molecule has 1 heterocycles. The average molecular weight is 287 g/mol. The zero-order chi connectivity index (χ0) is 15.0. The predicted octanol–water partition coefficient (Wildman–Crippen LogP) is 2.49. The lowest BCUT2D eigenvalue weighted by Gasteiger charge is -2.32. The van der Waals surface area contributed by atoms with Gasteiger partial charge in [-0.25, -0.2) is 0 Å². The van der Waals surface area contributed by atoms with Gasteiger partial charge < -0.3 is 19.9 Å². The van der Waals surface area contributed by atoms with E-state index in [1.54, 1.807) is 0 Å². The van der Waals surface area contributed by atoms with Crippen molar-refractivity contribution in [2.75, 3.05) is 19.8 Å². The summed E-state index contributed by atoms with van der Waals surface area (Å²) in [6.45, 7) is 10.3. The van der Waals surface area contributed by atoms with Gasteiger partial charge in [-0.2, -0.15) is 0 Å². The van der Waals surface area contributed by atoms with E-state index in [0.717, 1.165) is 45.3 Å². The summed E-state index contributed by atoms with van der Waals surface area (Å²) in [6.07, 6.45) is 6.13. The van der Waals surface area contributed by atoms with Gasteiger partial charge in [0.2, 0.25) is 0 Å². The highest BCUT2D eigenvalue weighted by atomic mass is 16.5. The summed E-state index contributed by atoms with van der Waals surface area (Å²) in [5.74, 6) is 0. The van der Waals surface area contributed by atoms with Gasteiger partial charge in [-0.15, -0.1) is 0 Å². The molecule has 4 nitrogen and oxygen atoms in total. The summed E-state index contributed by atoms with van der Waals surface area (Å²) in [5.41, 5.74) is -0.142. The van der Waals surface area contributed by atoms with Crippen LogP contribution in [0, 0.1) is 0 Å². The second kappa shape index (κ2) is 8.98. The number of ether oxygens (including phenoxy) is 2. The van der Waals surface area contributed by atoms with Gasteiger partial charge >= 0.3 is 0 Å². The van der Waals surface area contributed by atoms with Crippen LogP contribution in [0.3, 0.4) is 0 Å². The molecular weight excluding hydrogens is 254 g/mol. The standard InChI is InChI=1S/C16H33NO3/c1-5-17-16(4,12-18)8-6-7-9-19-15-10-13(2)20-14(3)11-15/h13-15,17-18H,5-12H2,1-4H3.